The molecule has 0 amide bonds. The molecule has 0 N–H and O–H groups in total. The summed E-state index contributed by atoms with van der Waals surface area (Å²) in [6.45, 7) is 5.28. The van der Waals surface area contributed by atoms with Crippen LogP contribution in [0.25, 0.3) is 0 Å². The quantitative estimate of drug-likeness (QED) is 0.866. The molecule has 3 rings (SSSR count). The molecular weight excluding hydrogens is 286 g/mol. The van der Waals surface area contributed by atoms with Crippen LogP contribution in [0.5, 0.6) is 0 Å². The van der Waals surface area contributed by atoms with Gasteiger partial charge in [0.15, 0.2) is 5.82 Å². The van der Waals surface area contributed by atoms with Crippen LogP contribution in [0.2, 0.25) is 5.02 Å². The monoisotopic (exact) mass is 305 g/mol. The number of benzene rings is 1. The molecule has 0 aliphatic carbocycles. The van der Waals surface area contributed by atoms with Crippen LogP contribution in [0.1, 0.15) is 37.0 Å². The lowest BCUT2D eigenvalue weighted by atomic mass is 10.0. The standard InChI is InChI=1S/C16H20ClN3O/c1-12-5-4-8-20(10-12)11-16-18-15(19-21-16)9-13-6-2-3-7-14(13)17/h2-3,6-7,12H,4-5,8-11H2,1H3/t12-/m0/s1. The van der Waals surface area contributed by atoms with E-state index in [1.54, 1.807) is 0 Å². The second-order valence-corrected chi connectivity index (χ2v) is 6.26. The lowest BCUT2D eigenvalue weighted by Gasteiger charge is -2.29. The third-order valence-corrected chi connectivity index (χ3v) is 4.29. The maximum Gasteiger partial charge on any atom is 0.240 e. The summed E-state index contributed by atoms with van der Waals surface area (Å²) in [5.41, 5.74) is 1.03. The molecule has 4 nitrogen and oxygen atoms in total. The number of hydrogen-bond acceptors (Lipinski definition) is 4. The third kappa shape index (κ3) is 3.83. The van der Waals surface area contributed by atoms with E-state index in [4.69, 9.17) is 16.1 Å². The Bertz CT molecular complexity index is 599. The molecule has 0 spiro atoms. The van der Waals surface area contributed by atoms with Crippen LogP contribution in [-0.2, 0) is 13.0 Å². The molecule has 0 unspecified atom stereocenters. The minimum Gasteiger partial charge on any atom is -0.338 e. The van der Waals surface area contributed by atoms with Crippen molar-refractivity contribution in [2.75, 3.05) is 13.1 Å². The number of rotatable bonds is 4. The third-order valence-electron chi connectivity index (χ3n) is 3.92. The van der Waals surface area contributed by atoms with Gasteiger partial charge < -0.3 is 4.52 Å². The molecule has 1 aliphatic heterocycles. The Morgan fingerprint density at radius 1 is 1.38 bits per heavy atom. The maximum absolute atomic E-state index is 6.16. The highest BCUT2D eigenvalue weighted by molar-refractivity contribution is 6.31. The van der Waals surface area contributed by atoms with Crippen molar-refractivity contribution in [3.8, 4) is 0 Å². The van der Waals surface area contributed by atoms with Gasteiger partial charge in [0.1, 0.15) is 0 Å². The van der Waals surface area contributed by atoms with Gasteiger partial charge in [-0.3, -0.25) is 4.90 Å². The van der Waals surface area contributed by atoms with E-state index < -0.39 is 0 Å². The number of hydrogen-bond donors (Lipinski definition) is 0. The normalized spacial score (nSPS) is 19.8. The molecule has 2 aromatic rings. The van der Waals surface area contributed by atoms with E-state index in [2.05, 4.69) is 22.0 Å². The van der Waals surface area contributed by atoms with E-state index in [1.807, 2.05) is 24.3 Å². The van der Waals surface area contributed by atoms with Crippen LogP contribution in [0, 0.1) is 5.92 Å². The summed E-state index contributed by atoms with van der Waals surface area (Å²) in [4.78, 5) is 6.88. The van der Waals surface area contributed by atoms with Crippen molar-refractivity contribution in [3.05, 3.63) is 46.6 Å². The predicted octanol–water partition coefficient (Wildman–Crippen LogP) is 3.55. The van der Waals surface area contributed by atoms with E-state index in [0.29, 0.717) is 18.1 Å². The first kappa shape index (κ1) is 14.5. The van der Waals surface area contributed by atoms with Crippen molar-refractivity contribution < 1.29 is 4.52 Å². The number of nitrogens with zero attached hydrogens (tertiary/aromatic N) is 3. The van der Waals surface area contributed by atoms with Crippen LogP contribution in [0.4, 0.5) is 0 Å². The van der Waals surface area contributed by atoms with Gasteiger partial charge in [-0.15, -0.1) is 0 Å². The fraction of sp³-hybridized carbons (Fsp3) is 0.500. The number of halogens is 1. The highest BCUT2D eigenvalue weighted by atomic mass is 35.5. The minimum atomic E-state index is 0.611. The first-order chi connectivity index (χ1) is 10.2. The average Bonchev–Trinajstić information content (AvgIpc) is 2.89. The van der Waals surface area contributed by atoms with Crippen molar-refractivity contribution in [3.63, 3.8) is 0 Å². The molecule has 1 aliphatic rings. The summed E-state index contributed by atoms with van der Waals surface area (Å²) in [7, 11) is 0. The van der Waals surface area contributed by atoms with Crippen molar-refractivity contribution in [1.29, 1.82) is 0 Å². The fourth-order valence-corrected chi connectivity index (χ4v) is 3.06. The zero-order valence-corrected chi connectivity index (χ0v) is 13.0. The van der Waals surface area contributed by atoms with Crippen LogP contribution in [0.15, 0.2) is 28.8 Å². The molecule has 5 heteroatoms. The van der Waals surface area contributed by atoms with Crippen molar-refractivity contribution in [1.82, 2.24) is 15.0 Å². The summed E-state index contributed by atoms with van der Waals surface area (Å²) >= 11 is 6.16. The first-order valence-corrected chi connectivity index (χ1v) is 7.86. The van der Waals surface area contributed by atoms with Gasteiger partial charge in [0.05, 0.1) is 6.54 Å². The SMILES string of the molecule is C[C@H]1CCCN(Cc2nc(Cc3ccccc3Cl)no2)C1. The van der Waals surface area contributed by atoms with Gasteiger partial charge >= 0.3 is 0 Å². The van der Waals surface area contributed by atoms with Crippen LogP contribution < -0.4 is 0 Å². The number of likely N-dealkylation sites (tertiary alicyclic amines) is 1. The van der Waals surface area contributed by atoms with Crippen molar-refractivity contribution in [2.45, 2.75) is 32.7 Å². The molecule has 112 valence electrons. The highest BCUT2D eigenvalue weighted by Crippen LogP contribution is 2.19. The van der Waals surface area contributed by atoms with Crippen LogP contribution >= 0.6 is 11.6 Å². The van der Waals surface area contributed by atoms with Gasteiger partial charge in [0.2, 0.25) is 5.89 Å². The first-order valence-electron chi connectivity index (χ1n) is 7.48. The van der Waals surface area contributed by atoms with Crippen LogP contribution in [-0.4, -0.2) is 28.1 Å². The summed E-state index contributed by atoms with van der Waals surface area (Å²) < 4.78 is 5.37. The topological polar surface area (TPSA) is 42.2 Å². The lowest BCUT2D eigenvalue weighted by Crippen LogP contribution is -2.33. The molecule has 1 saturated heterocycles. The second-order valence-electron chi connectivity index (χ2n) is 5.86. The molecule has 21 heavy (non-hydrogen) atoms. The summed E-state index contributed by atoms with van der Waals surface area (Å²) in [5.74, 6) is 2.15. The van der Waals surface area contributed by atoms with Gasteiger partial charge in [-0.2, -0.15) is 4.98 Å². The predicted molar refractivity (Wildman–Crippen MR) is 82.2 cm³/mol. The van der Waals surface area contributed by atoms with Gasteiger partial charge in [-0.05, 0) is 36.9 Å². The van der Waals surface area contributed by atoms with Crippen molar-refractivity contribution in [2.24, 2.45) is 5.92 Å². The van der Waals surface area contributed by atoms with Gasteiger partial charge in [-0.1, -0.05) is 41.9 Å². The zero-order chi connectivity index (χ0) is 14.7. The minimum absolute atomic E-state index is 0.611. The Hall–Kier alpha value is -1.39. The van der Waals surface area contributed by atoms with Gasteiger partial charge in [0, 0.05) is 18.0 Å². The molecule has 0 bridgehead atoms. The van der Waals surface area contributed by atoms with E-state index in [0.717, 1.165) is 36.1 Å². The summed E-state index contributed by atoms with van der Waals surface area (Å²) in [5, 5.41) is 4.81. The molecular formula is C16H20ClN3O. The zero-order valence-electron chi connectivity index (χ0n) is 12.3. The molecule has 2 heterocycles. The Morgan fingerprint density at radius 3 is 3.05 bits per heavy atom. The van der Waals surface area contributed by atoms with E-state index in [1.165, 1.54) is 12.8 Å². The van der Waals surface area contributed by atoms with Gasteiger partial charge in [-0.25, -0.2) is 0 Å². The highest BCUT2D eigenvalue weighted by Gasteiger charge is 2.19. The maximum atomic E-state index is 6.16. The number of piperidine rings is 1. The van der Waals surface area contributed by atoms with Crippen molar-refractivity contribution >= 4 is 11.6 Å². The lowest BCUT2D eigenvalue weighted by molar-refractivity contribution is 0.157. The van der Waals surface area contributed by atoms with E-state index in [9.17, 15) is 0 Å². The Balaban J connectivity index is 1.62. The molecule has 1 atom stereocenters. The Morgan fingerprint density at radius 2 is 2.24 bits per heavy atom. The number of aromatic nitrogens is 2. The molecule has 1 aromatic carbocycles. The fourth-order valence-electron chi connectivity index (χ4n) is 2.86. The summed E-state index contributed by atoms with van der Waals surface area (Å²) in [6.07, 6.45) is 3.18. The summed E-state index contributed by atoms with van der Waals surface area (Å²) in [6, 6.07) is 7.76. The average molecular weight is 306 g/mol. The Kier molecular flexibility index (Phi) is 4.56. The molecule has 1 aromatic heterocycles. The van der Waals surface area contributed by atoms with E-state index in [-0.39, 0.29) is 0 Å². The van der Waals surface area contributed by atoms with E-state index >= 15 is 0 Å². The molecule has 0 saturated carbocycles. The second kappa shape index (κ2) is 6.58. The molecule has 1 fully saturated rings. The van der Waals surface area contributed by atoms with Gasteiger partial charge in [0.25, 0.3) is 0 Å². The largest absolute Gasteiger partial charge is 0.338 e. The molecule has 0 radical (unpaired) electrons. The smallest absolute Gasteiger partial charge is 0.240 e. The van der Waals surface area contributed by atoms with Crippen LogP contribution in [0.3, 0.4) is 0 Å². The Labute approximate surface area is 130 Å².